The van der Waals surface area contributed by atoms with Gasteiger partial charge >= 0.3 is 4.87 Å². The van der Waals surface area contributed by atoms with Crippen LogP contribution in [-0.4, -0.2) is 4.98 Å². The lowest BCUT2D eigenvalue weighted by Crippen LogP contribution is -1.89. The largest absolute Gasteiger partial charge is 0.456 e. The summed E-state index contributed by atoms with van der Waals surface area (Å²) >= 11 is 1.16. The van der Waals surface area contributed by atoms with Crippen LogP contribution in [0.4, 0.5) is 0 Å². The lowest BCUT2D eigenvalue weighted by Gasteiger charge is -2.05. The second kappa shape index (κ2) is 4.07. The van der Waals surface area contributed by atoms with E-state index in [0.29, 0.717) is 5.75 Å². The van der Waals surface area contributed by atoms with Crippen LogP contribution in [0.25, 0.3) is 10.2 Å². The number of fused-ring (bicyclic) bond motifs is 1. The molecule has 0 saturated carbocycles. The van der Waals surface area contributed by atoms with E-state index < -0.39 is 0 Å². The second-order valence-electron chi connectivity index (χ2n) is 3.56. The standard InChI is InChI=1S/C13H9NO2S/c15-13-14-10-7-4-8-11(12(10)17-13)16-9-5-2-1-3-6-9/h1-8H,(H,14,15). The van der Waals surface area contributed by atoms with Gasteiger partial charge in [-0.1, -0.05) is 35.6 Å². The van der Waals surface area contributed by atoms with Crippen LogP contribution >= 0.6 is 11.3 Å². The van der Waals surface area contributed by atoms with Crippen LogP contribution in [0, 0.1) is 0 Å². The maximum absolute atomic E-state index is 11.3. The van der Waals surface area contributed by atoms with Crippen molar-refractivity contribution in [3.63, 3.8) is 0 Å². The number of thiazole rings is 1. The first-order valence-electron chi connectivity index (χ1n) is 5.18. The van der Waals surface area contributed by atoms with Gasteiger partial charge < -0.3 is 9.72 Å². The highest BCUT2D eigenvalue weighted by Crippen LogP contribution is 2.30. The number of hydrogen-bond donors (Lipinski definition) is 1. The molecule has 0 aliphatic carbocycles. The first-order chi connectivity index (χ1) is 8.33. The molecule has 3 aromatic rings. The molecular weight excluding hydrogens is 234 g/mol. The molecule has 4 heteroatoms. The van der Waals surface area contributed by atoms with Crippen molar-refractivity contribution >= 4 is 21.6 Å². The Morgan fingerprint density at radius 1 is 1.00 bits per heavy atom. The molecule has 3 nitrogen and oxygen atoms in total. The molecule has 0 bridgehead atoms. The van der Waals surface area contributed by atoms with Crippen molar-refractivity contribution in [3.8, 4) is 11.5 Å². The molecule has 1 N–H and O–H groups in total. The monoisotopic (exact) mass is 243 g/mol. The Hall–Kier alpha value is -2.07. The Balaban J connectivity index is 2.09. The number of para-hydroxylation sites is 1. The number of aromatic amines is 1. The van der Waals surface area contributed by atoms with Crippen molar-refractivity contribution in [2.45, 2.75) is 0 Å². The van der Waals surface area contributed by atoms with Crippen LogP contribution in [-0.2, 0) is 0 Å². The fourth-order valence-electron chi connectivity index (χ4n) is 1.64. The van der Waals surface area contributed by atoms with Gasteiger partial charge in [0.25, 0.3) is 0 Å². The molecule has 3 rings (SSSR count). The van der Waals surface area contributed by atoms with Gasteiger partial charge in [0.2, 0.25) is 0 Å². The molecule has 0 aliphatic heterocycles. The number of aromatic nitrogens is 1. The molecule has 0 unspecified atom stereocenters. The molecule has 0 fully saturated rings. The van der Waals surface area contributed by atoms with E-state index in [4.69, 9.17) is 4.74 Å². The van der Waals surface area contributed by atoms with Crippen molar-refractivity contribution in [2.24, 2.45) is 0 Å². The molecule has 17 heavy (non-hydrogen) atoms. The summed E-state index contributed by atoms with van der Waals surface area (Å²) in [7, 11) is 0. The normalized spacial score (nSPS) is 10.6. The van der Waals surface area contributed by atoms with E-state index >= 15 is 0 Å². The quantitative estimate of drug-likeness (QED) is 0.749. The lowest BCUT2D eigenvalue weighted by molar-refractivity contribution is 0.489. The van der Waals surface area contributed by atoms with E-state index in [2.05, 4.69) is 4.98 Å². The maximum Gasteiger partial charge on any atom is 0.305 e. The summed E-state index contributed by atoms with van der Waals surface area (Å²) in [5.41, 5.74) is 0.813. The molecular formula is C13H9NO2S. The molecule has 84 valence electrons. The summed E-state index contributed by atoms with van der Waals surface area (Å²) in [4.78, 5) is 14.0. The summed E-state index contributed by atoms with van der Waals surface area (Å²) in [6, 6.07) is 15.1. The predicted octanol–water partition coefficient (Wildman–Crippen LogP) is 3.38. The van der Waals surface area contributed by atoms with Crippen LogP contribution in [0.3, 0.4) is 0 Å². The zero-order valence-electron chi connectivity index (χ0n) is 8.84. The minimum absolute atomic E-state index is 0.0656. The summed E-state index contributed by atoms with van der Waals surface area (Å²) in [5.74, 6) is 1.47. The third kappa shape index (κ3) is 1.94. The van der Waals surface area contributed by atoms with Crippen molar-refractivity contribution in [1.82, 2.24) is 4.98 Å². The average molecular weight is 243 g/mol. The number of rotatable bonds is 2. The van der Waals surface area contributed by atoms with Gasteiger partial charge in [-0.2, -0.15) is 0 Å². The van der Waals surface area contributed by atoms with Gasteiger partial charge in [0.05, 0.1) is 10.2 Å². The number of benzene rings is 2. The second-order valence-corrected chi connectivity index (χ2v) is 4.55. The average Bonchev–Trinajstić information content (AvgIpc) is 2.72. The van der Waals surface area contributed by atoms with E-state index in [0.717, 1.165) is 27.3 Å². The van der Waals surface area contributed by atoms with Crippen molar-refractivity contribution < 1.29 is 4.74 Å². The van der Waals surface area contributed by atoms with E-state index in [9.17, 15) is 4.79 Å². The zero-order chi connectivity index (χ0) is 11.7. The Morgan fingerprint density at radius 2 is 1.82 bits per heavy atom. The van der Waals surface area contributed by atoms with Crippen molar-refractivity contribution in [2.75, 3.05) is 0 Å². The summed E-state index contributed by atoms with van der Waals surface area (Å²) in [6.07, 6.45) is 0. The zero-order valence-corrected chi connectivity index (χ0v) is 9.66. The Morgan fingerprint density at radius 3 is 2.65 bits per heavy atom. The van der Waals surface area contributed by atoms with Gasteiger partial charge in [-0.3, -0.25) is 4.79 Å². The maximum atomic E-state index is 11.3. The Bertz CT molecular complexity index is 700. The molecule has 2 aromatic carbocycles. The van der Waals surface area contributed by atoms with Crippen LogP contribution in [0.5, 0.6) is 11.5 Å². The van der Waals surface area contributed by atoms with E-state index in [1.165, 1.54) is 0 Å². The fraction of sp³-hybridized carbons (Fsp3) is 0. The smallest absolute Gasteiger partial charge is 0.305 e. The van der Waals surface area contributed by atoms with E-state index in [-0.39, 0.29) is 4.87 Å². The summed E-state index contributed by atoms with van der Waals surface area (Å²) < 4.78 is 6.60. The minimum atomic E-state index is -0.0656. The van der Waals surface area contributed by atoms with Crippen LogP contribution in [0.15, 0.2) is 53.3 Å². The predicted molar refractivity (Wildman–Crippen MR) is 69.0 cm³/mol. The SMILES string of the molecule is O=c1[nH]c2cccc(Oc3ccccc3)c2s1. The highest BCUT2D eigenvalue weighted by Gasteiger charge is 2.06. The van der Waals surface area contributed by atoms with Crippen LogP contribution in [0.1, 0.15) is 0 Å². The van der Waals surface area contributed by atoms with Gasteiger partial charge in [-0.25, -0.2) is 0 Å². The van der Waals surface area contributed by atoms with Gasteiger partial charge in [0.1, 0.15) is 11.5 Å². The third-order valence-corrected chi connectivity index (χ3v) is 3.29. The number of nitrogens with one attached hydrogen (secondary N) is 1. The minimum Gasteiger partial charge on any atom is -0.456 e. The third-order valence-electron chi connectivity index (χ3n) is 2.38. The molecule has 0 spiro atoms. The summed E-state index contributed by atoms with van der Waals surface area (Å²) in [6.45, 7) is 0. The molecule has 0 saturated heterocycles. The number of ether oxygens (including phenoxy) is 1. The van der Waals surface area contributed by atoms with Gasteiger partial charge in [0.15, 0.2) is 0 Å². The first kappa shape index (κ1) is 10.1. The number of H-pyrrole nitrogens is 1. The topological polar surface area (TPSA) is 42.1 Å². The molecule has 1 heterocycles. The molecule has 0 radical (unpaired) electrons. The van der Waals surface area contributed by atoms with Crippen molar-refractivity contribution in [1.29, 1.82) is 0 Å². The lowest BCUT2D eigenvalue weighted by atomic mass is 10.3. The Labute approximate surface area is 101 Å². The fourth-order valence-corrected chi connectivity index (χ4v) is 2.43. The number of hydrogen-bond acceptors (Lipinski definition) is 3. The molecule has 0 aliphatic rings. The van der Waals surface area contributed by atoms with Gasteiger partial charge in [-0.05, 0) is 24.3 Å². The first-order valence-corrected chi connectivity index (χ1v) is 5.99. The van der Waals surface area contributed by atoms with Gasteiger partial charge in [0, 0.05) is 0 Å². The summed E-state index contributed by atoms with van der Waals surface area (Å²) in [5, 5.41) is 0. The highest BCUT2D eigenvalue weighted by molar-refractivity contribution is 7.16. The molecule has 0 amide bonds. The highest BCUT2D eigenvalue weighted by atomic mass is 32.1. The Kier molecular flexibility index (Phi) is 2.42. The van der Waals surface area contributed by atoms with E-state index in [1.54, 1.807) is 0 Å². The molecule has 0 atom stereocenters. The van der Waals surface area contributed by atoms with Crippen molar-refractivity contribution in [3.05, 3.63) is 58.2 Å². The van der Waals surface area contributed by atoms with Gasteiger partial charge in [-0.15, -0.1) is 0 Å². The van der Waals surface area contributed by atoms with E-state index in [1.807, 2.05) is 48.5 Å². The van der Waals surface area contributed by atoms with Crippen LogP contribution in [0.2, 0.25) is 0 Å². The van der Waals surface area contributed by atoms with Crippen LogP contribution < -0.4 is 9.61 Å². The molecule has 1 aromatic heterocycles.